The van der Waals surface area contributed by atoms with Gasteiger partial charge in [-0.25, -0.2) is 18.1 Å². The van der Waals surface area contributed by atoms with Crippen LogP contribution in [0.25, 0.3) is 10.8 Å². The number of nitrogens with one attached hydrogen (secondary N) is 1. The number of hydrogen-bond donors (Lipinski definition) is 4. The van der Waals surface area contributed by atoms with Gasteiger partial charge in [-0.3, -0.25) is 4.79 Å². The van der Waals surface area contributed by atoms with Crippen molar-refractivity contribution in [3.63, 3.8) is 0 Å². The number of carboxylic acid groups (broad SMARTS) is 1. The number of nitrogens with two attached hydrogens (primary N) is 2. The summed E-state index contributed by atoms with van der Waals surface area (Å²) in [4.78, 5) is 19.4. The number of rotatable bonds is 5. The van der Waals surface area contributed by atoms with Gasteiger partial charge in [-0.1, -0.05) is 30.5 Å². The van der Waals surface area contributed by atoms with Crippen LogP contribution >= 0.6 is 24.0 Å². The molecule has 1 aromatic carbocycles. The standard InChI is InChI=1S/C17H20ClN5O4S.ClH/c18-13-8-21-15(22-17(19)20)12-7-9(5-6-10(12)13)28(26,27)23-14-4-2-1-3-11(14)16(24)25;/h5-8,11,14,23H,1-4H2,(H,24,25)(H4,19,20,21,22);1H/t11-,14+;/m1./s1. The zero-order valence-corrected chi connectivity index (χ0v) is 17.6. The van der Waals surface area contributed by atoms with Crippen molar-refractivity contribution in [2.75, 3.05) is 0 Å². The van der Waals surface area contributed by atoms with E-state index in [2.05, 4.69) is 14.7 Å². The van der Waals surface area contributed by atoms with Crippen molar-refractivity contribution in [1.29, 1.82) is 0 Å². The van der Waals surface area contributed by atoms with Gasteiger partial charge in [0.15, 0.2) is 11.8 Å². The zero-order chi connectivity index (χ0) is 20.5. The molecule has 1 heterocycles. The SMILES string of the molecule is Cl.NC(N)=Nc1ncc(Cl)c2ccc(S(=O)(=O)N[C@H]3CCCC[C@H]3C(=O)O)cc12. The second kappa shape index (κ2) is 9.12. The molecule has 158 valence electrons. The summed E-state index contributed by atoms with van der Waals surface area (Å²) in [6, 6.07) is 3.64. The molecule has 3 rings (SSSR count). The first-order valence-corrected chi connectivity index (χ1v) is 10.5. The number of carboxylic acids is 1. The number of pyridine rings is 1. The molecule has 0 aliphatic heterocycles. The summed E-state index contributed by atoms with van der Waals surface area (Å²) in [7, 11) is -3.97. The third-order valence-corrected chi connectivity index (χ3v) is 6.51. The molecular formula is C17H21Cl2N5O4S. The fourth-order valence-electron chi connectivity index (χ4n) is 3.39. The maximum Gasteiger partial charge on any atom is 0.308 e. The maximum absolute atomic E-state index is 12.9. The summed E-state index contributed by atoms with van der Waals surface area (Å²) in [6.45, 7) is 0. The molecule has 0 unspecified atom stereocenters. The predicted octanol–water partition coefficient (Wildman–Crippen LogP) is 2.14. The molecular weight excluding hydrogens is 441 g/mol. The molecule has 1 saturated carbocycles. The summed E-state index contributed by atoms with van der Waals surface area (Å²) in [5.74, 6) is -1.85. The molecule has 1 aliphatic rings. The molecule has 9 nitrogen and oxygen atoms in total. The van der Waals surface area contributed by atoms with Crippen LogP contribution in [0.4, 0.5) is 5.82 Å². The summed E-state index contributed by atoms with van der Waals surface area (Å²) >= 11 is 6.14. The van der Waals surface area contributed by atoms with Gasteiger partial charge in [0.1, 0.15) is 0 Å². The number of nitrogens with zero attached hydrogens (tertiary/aromatic N) is 2. The summed E-state index contributed by atoms with van der Waals surface area (Å²) in [6.07, 6.45) is 3.81. The number of aromatic nitrogens is 1. The molecule has 0 spiro atoms. The highest BCUT2D eigenvalue weighted by Crippen LogP contribution is 2.32. The Balaban J connectivity index is 0.00000300. The number of carbonyl (C=O) groups is 1. The van der Waals surface area contributed by atoms with Crippen LogP contribution in [-0.2, 0) is 14.8 Å². The fourth-order valence-corrected chi connectivity index (χ4v) is 4.94. The first kappa shape index (κ1) is 23.1. The van der Waals surface area contributed by atoms with Gasteiger partial charge in [-0.15, -0.1) is 12.4 Å². The minimum atomic E-state index is -3.97. The van der Waals surface area contributed by atoms with E-state index >= 15 is 0 Å². The van der Waals surface area contributed by atoms with Gasteiger partial charge >= 0.3 is 5.97 Å². The largest absolute Gasteiger partial charge is 0.481 e. The number of halogens is 2. The van der Waals surface area contributed by atoms with Crippen LogP contribution in [0, 0.1) is 5.92 Å². The van der Waals surface area contributed by atoms with Crippen molar-refractivity contribution in [1.82, 2.24) is 9.71 Å². The van der Waals surface area contributed by atoms with Crippen LogP contribution in [0.3, 0.4) is 0 Å². The molecule has 1 fully saturated rings. The van der Waals surface area contributed by atoms with Crippen molar-refractivity contribution in [2.45, 2.75) is 36.6 Å². The highest BCUT2D eigenvalue weighted by Gasteiger charge is 2.34. The van der Waals surface area contributed by atoms with Crippen molar-refractivity contribution in [3.8, 4) is 0 Å². The van der Waals surface area contributed by atoms with Crippen LogP contribution < -0.4 is 16.2 Å². The molecule has 1 aromatic heterocycles. The Morgan fingerprint density at radius 2 is 1.93 bits per heavy atom. The molecule has 0 radical (unpaired) electrons. The molecule has 2 atom stereocenters. The Morgan fingerprint density at radius 1 is 1.24 bits per heavy atom. The lowest BCUT2D eigenvalue weighted by atomic mass is 9.85. The van der Waals surface area contributed by atoms with Crippen LogP contribution in [-0.4, -0.2) is 36.5 Å². The average Bonchev–Trinajstić information content (AvgIpc) is 2.63. The van der Waals surface area contributed by atoms with Gasteiger partial charge in [0.05, 0.1) is 15.8 Å². The van der Waals surface area contributed by atoms with E-state index in [1.54, 1.807) is 0 Å². The van der Waals surface area contributed by atoms with Gasteiger partial charge in [0.25, 0.3) is 0 Å². The summed E-state index contributed by atoms with van der Waals surface area (Å²) < 4.78 is 28.3. The van der Waals surface area contributed by atoms with Gasteiger partial charge in [-0.05, 0) is 25.0 Å². The van der Waals surface area contributed by atoms with Crippen molar-refractivity contribution < 1.29 is 18.3 Å². The van der Waals surface area contributed by atoms with E-state index in [0.717, 1.165) is 12.8 Å². The Bertz CT molecular complexity index is 1060. The second-order valence-corrected chi connectivity index (χ2v) is 8.75. The number of hydrogen-bond acceptors (Lipinski definition) is 5. The normalized spacial score (nSPS) is 19.3. The molecule has 12 heteroatoms. The van der Waals surface area contributed by atoms with Crippen molar-refractivity contribution >= 4 is 62.6 Å². The third-order valence-electron chi connectivity index (χ3n) is 4.72. The van der Waals surface area contributed by atoms with Crippen molar-refractivity contribution in [3.05, 3.63) is 29.4 Å². The van der Waals surface area contributed by atoms with E-state index < -0.39 is 28.0 Å². The number of benzene rings is 1. The molecule has 0 bridgehead atoms. The van der Waals surface area contributed by atoms with Gasteiger partial charge < -0.3 is 16.6 Å². The number of guanidine groups is 1. The van der Waals surface area contributed by atoms with E-state index in [9.17, 15) is 18.3 Å². The third kappa shape index (κ3) is 5.08. The van der Waals surface area contributed by atoms with Crippen molar-refractivity contribution in [2.24, 2.45) is 22.4 Å². The van der Waals surface area contributed by atoms with Crippen LogP contribution in [0.5, 0.6) is 0 Å². The first-order valence-electron chi connectivity index (χ1n) is 8.62. The molecule has 1 aliphatic carbocycles. The van der Waals surface area contributed by atoms with E-state index in [1.165, 1.54) is 24.4 Å². The van der Waals surface area contributed by atoms with E-state index in [4.69, 9.17) is 23.1 Å². The Hall–Kier alpha value is -2.14. The second-order valence-electron chi connectivity index (χ2n) is 6.63. The van der Waals surface area contributed by atoms with Crippen LogP contribution in [0.2, 0.25) is 5.02 Å². The van der Waals surface area contributed by atoms with E-state index in [-0.39, 0.29) is 29.1 Å². The minimum absolute atomic E-state index is 0. The monoisotopic (exact) mass is 461 g/mol. The molecule has 0 amide bonds. The van der Waals surface area contributed by atoms with E-state index in [1.807, 2.05) is 0 Å². The summed E-state index contributed by atoms with van der Waals surface area (Å²) in [5.41, 5.74) is 10.8. The topological polar surface area (TPSA) is 161 Å². The first-order chi connectivity index (χ1) is 13.2. The lowest BCUT2D eigenvalue weighted by Gasteiger charge is -2.29. The average molecular weight is 462 g/mol. The lowest BCUT2D eigenvalue weighted by Crippen LogP contribution is -2.44. The molecule has 29 heavy (non-hydrogen) atoms. The zero-order valence-electron chi connectivity index (χ0n) is 15.2. The molecule has 6 N–H and O–H groups in total. The Labute approximate surface area is 179 Å². The lowest BCUT2D eigenvalue weighted by molar-refractivity contribution is -0.143. The highest BCUT2D eigenvalue weighted by atomic mass is 35.5. The smallest absolute Gasteiger partial charge is 0.308 e. The van der Waals surface area contributed by atoms with Gasteiger partial charge in [0.2, 0.25) is 10.0 Å². The van der Waals surface area contributed by atoms with Gasteiger partial charge in [-0.2, -0.15) is 4.99 Å². The van der Waals surface area contributed by atoms with E-state index in [0.29, 0.717) is 28.6 Å². The molecule has 2 aromatic rings. The highest BCUT2D eigenvalue weighted by molar-refractivity contribution is 7.89. The number of aliphatic carboxylic acids is 1. The minimum Gasteiger partial charge on any atom is -0.481 e. The maximum atomic E-state index is 12.9. The molecule has 0 saturated heterocycles. The predicted molar refractivity (Wildman–Crippen MR) is 113 cm³/mol. The number of sulfonamides is 1. The summed E-state index contributed by atoms with van der Waals surface area (Å²) in [5, 5.41) is 10.6. The number of fused-ring (bicyclic) bond motifs is 1. The Kier molecular flexibility index (Phi) is 7.28. The fraction of sp³-hybridized carbons (Fsp3) is 0.353. The Morgan fingerprint density at radius 3 is 2.59 bits per heavy atom. The van der Waals surface area contributed by atoms with Crippen LogP contribution in [0.1, 0.15) is 25.7 Å². The number of aliphatic imine (C=N–C) groups is 1. The quantitative estimate of drug-likeness (QED) is 0.391. The van der Waals surface area contributed by atoms with Gasteiger partial charge in [0, 0.05) is 23.0 Å². The van der Waals surface area contributed by atoms with Crippen LogP contribution in [0.15, 0.2) is 34.3 Å².